The fourth-order valence-corrected chi connectivity index (χ4v) is 2.12. The molecule has 1 unspecified atom stereocenters. The van der Waals surface area contributed by atoms with Gasteiger partial charge in [-0.15, -0.1) is 0 Å². The number of nitrogen functional groups attached to an aromatic ring is 1. The van der Waals surface area contributed by atoms with Gasteiger partial charge in [-0.1, -0.05) is 0 Å². The molecule has 0 aliphatic carbocycles. The Morgan fingerprint density at radius 1 is 1.39 bits per heavy atom. The summed E-state index contributed by atoms with van der Waals surface area (Å²) in [6, 6.07) is 1.44. The number of aromatic nitrogens is 1. The number of nitrogens with two attached hydrogens (primary N) is 3. The molecule has 0 bridgehead atoms. The number of anilines is 2. The first-order chi connectivity index (χ1) is 8.49. The summed E-state index contributed by atoms with van der Waals surface area (Å²) >= 11 is 0. The first-order valence-electron chi connectivity index (χ1n) is 5.58. The van der Waals surface area contributed by atoms with Crippen LogP contribution in [-0.2, 0) is 4.79 Å². The highest BCUT2D eigenvalue weighted by molar-refractivity contribution is 5.99. The molecule has 2 heterocycles. The van der Waals surface area contributed by atoms with Crippen molar-refractivity contribution in [2.24, 2.45) is 17.4 Å². The van der Waals surface area contributed by atoms with Crippen LogP contribution < -0.4 is 22.1 Å². The lowest BCUT2D eigenvalue weighted by atomic mass is 10.1. The van der Waals surface area contributed by atoms with Crippen LogP contribution in [0.3, 0.4) is 0 Å². The van der Waals surface area contributed by atoms with Crippen LogP contribution in [0.5, 0.6) is 0 Å². The normalized spacial score (nSPS) is 18.9. The van der Waals surface area contributed by atoms with Crippen LogP contribution in [0, 0.1) is 5.92 Å². The van der Waals surface area contributed by atoms with Crippen LogP contribution in [0.25, 0.3) is 0 Å². The molecule has 1 saturated heterocycles. The monoisotopic (exact) mass is 249 g/mol. The molecule has 0 radical (unpaired) electrons. The zero-order valence-corrected chi connectivity index (χ0v) is 9.80. The van der Waals surface area contributed by atoms with Crippen LogP contribution in [0.1, 0.15) is 16.8 Å². The van der Waals surface area contributed by atoms with Gasteiger partial charge in [-0.2, -0.15) is 0 Å². The second-order valence-corrected chi connectivity index (χ2v) is 4.32. The average Bonchev–Trinajstić information content (AvgIpc) is 2.78. The van der Waals surface area contributed by atoms with E-state index in [0.717, 1.165) is 0 Å². The SMILES string of the molecule is NC(=O)c1cc(N)ncc1N1CCC(C(N)=O)C1. The second-order valence-electron chi connectivity index (χ2n) is 4.32. The third-order valence-electron chi connectivity index (χ3n) is 3.10. The first kappa shape index (κ1) is 12.2. The molecule has 6 N–H and O–H groups in total. The number of nitrogens with zero attached hydrogens (tertiary/aromatic N) is 2. The highest BCUT2D eigenvalue weighted by Gasteiger charge is 2.28. The smallest absolute Gasteiger partial charge is 0.251 e. The number of primary amides is 2. The van der Waals surface area contributed by atoms with Gasteiger partial charge >= 0.3 is 0 Å². The number of pyridine rings is 1. The van der Waals surface area contributed by atoms with Gasteiger partial charge < -0.3 is 22.1 Å². The standard InChI is InChI=1S/C11H15N5O2/c12-9-3-7(11(14)18)8(4-15-9)16-2-1-6(5-16)10(13)17/h3-4,6H,1-2,5H2,(H2,12,15)(H2,13,17)(H2,14,18). The fourth-order valence-electron chi connectivity index (χ4n) is 2.12. The van der Waals surface area contributed by atoms with E-state index in [2.05, 4.69) is 4.98 Å². The van der Waals surface area contributed by atoms with E-state index in [0.29, 0.717) is 30.8 Å². The van der Waals surface area contributed by atoms with Crippen molar-refractivity contribution < 1.29 is 9.59 Å². The third-order valence-corrected chi connectivity index (χ3v) is 3.10. The van der Waals surface area contributed by atoms with Gasteiger partial charge in [0, 0.05) is 13.1 Å². The van der Waals surface area contributed by atoms with Gasteiger partial charge in [-0.25, -0.2) is 4.98 Å². The van der Waals surface area contributed by atoms with Crippen LogP contribution >= 0.6 is 0 Å². The summed E-state index contributed by atoms with van der Waals surface area (Å²) in [6.45, 7) is 1.11. The van der Waals surface area contributed by atoms with E-state index in [1.807, 2.05) is 4.90 Å². The van der Waals surface area contributed by atoms with Crippen molar-refractivity contribution in [1.29, 1.82) is 0 Å². The van der Waals surface area contributed by atoms with Gasteiger partial charge in [-0.3, -0.25) is 9.59 Å². The van der Waals surface area contributed by atoms with Crippen molar-refractivity contribution in [3.8, 4) is 0 Å². The molecule has 2 amide bonds. The summed E-state index contributed by atoms with van der Waals surface area (Å²) in [7, 11) is 0. The van der Waals surface area contributed by atoms with E-state index >= 15 is 0 Å². The Morgan fingerprint density at radius 2 is 2.11 bits per heavy atom. The summed E-state index contributed by atoms with van der Waals surface area (Å²) < 4.78 is 0. The third kappa shape index (κ3) is 2.20. The number of carbonyl (C=O) groups excluding carboxylic acids is 2. The van der Waals surface area contributed by atoms with Crippen molar-refractivity contribution in [2.45, 2.75) is 6.42 Å². The number of hydrogen-bond donors (Lipinski definition) is 3. The maximum absolute atomic E-state index is 11.4. The Balaban J connectivity index is 2.29. The zero-order valence-electron chi connectivity index (χ0n) is 9.80. The van der Waals surface area contributed by atoms with E-state index in [4.69, 9.17) is 17.2 Å². The van der Waals surface area contributed by atoms with Gasteiger partial charge in [0.25, 0.3) is 5.91 Å². The molecular weight excluding hydrogens is 234 g/mol. The number of carbonyl (C=O) groups is 2. The fraction of sp³-hybridized carbons (Fsp3) is 0.364. The topological polar surface area (TPSA) is 128 Å². The summed E-state index contributed by atoms with van der Waals surface area (Å²) in [5, 5.41) is 0. The van der Waals surface area contributed by atoms with Gasteiger partial charge in [0.1, 0.15) is 5.82 Å². The minimum absolute atomic E-state index is 0.205. The van der Waals surface area contributed by atoms with Gasteiger partial charge in [-0.05, 0) is 12.5 Å². The zero-order chi connectivity index (χ0) is 13.3. The largest absolute Gasteiger partial charge is 0.384 e. The second kappa shape index (κ2) is 4.52. The number of hydrogen-bond acceptors (Lipinski definition) is 5. The van der Waals surface area contributed by atoms with Gasteiger partial charge in [0.15, 0.2) is 0 Å². The van der Waals surface area contributed by atoms with E-state index in [1.165, 1.54) is 12.3 Å². The highest BCUT2D eigenvalue weighted by Crippen LogP contribution is 2.27. The Hall–Kier alpha value is -2.31. The lowest BCUT2D eigenvalue weighted by molar-refractivity contribution is -0.121. The van der Waals surface area contributed by atoms with E-state index < -0.39 is 5.91 Å². The molecule has 1 atom stereocenters. The highest BCUT2D eigenvalue weighted by atomic mass is 16.1. The Labute approximate surface area is 104 Å². The molecule has 0 spiro atoms. The van der Waals surface area contributed by atoms with Crippen molar-refractivity contribution in [3.63, 3.8) is 0 Å². The molecule has 96 valence electrons. The van der Waals surface area contributed by atoms with Crippen LogP contribution in [0.2, 0.25) is 0 Å². The summed E-state index contributed by atoms with van der Waals surface area (Å²) in [5.41, 5.74) is 17.0. The van der Waals surface area contributed by atoms with Crippen LogP contribution in [0.15, 0.2) is 12.3 Å². The Morgan fingerprint density at radius 3 is 2.67 bits per heavy atom. The lowest BCUT2D eigenvalue weighted by Gasteiger charge is -2.20. The van der Waals surface area contributed by atoms with E-state index in [-0.39, 0.29) is 17.6 Å². The minimum Gasteiger partial charge on any atom is -0.384 e. The Kier molecular flexibility index (Phi) is 3.05. The molecular formula is C11H15N5O2. The maximum atomic E-state index is 11.4. The van der Waals surface area contributed by atoms with Crippen molar-refractivity contribution in [3.05, 3.63) is 17.8 Å². The van der Waals surface area contributed by atoms with E-state index in [9.17, 15) is 9.59 Å². The molecule has 2 rings (SSSR count). The number of amides is 2. The van der Waals surface area contributed by atoms with Crippen molar-refractivity contribution in [1.82, 2.24) is 4.98 Å². The summed E-state index contributed by atoms with van der Waals surface area (Å²) in [6.07, 6.45) is 2.16. The van der Waals surface area contributed by atoms with Crippen molar-refractivity contribution in [2.75, 3.05) is 23.7 Å². The van der Waals surface area contributed by atoms with Crippen molar-refractivity contribution >= 4 is 23.3 Å². The van der Waals surface area contributed by atoms with Gasteiger partial charge in [0.2, 0.25) is 5.91 Å². The molecule has 0 aromatic carbocycles. The first-order valence-corrected chi connectivity index (χ1v) is 5.58. The molecule has 1 aliphatic heterocycles. The predicted octanol–water partition coefficient (Wildman–Crippen LogP) is -0.926. The summed E-state index contributed by atoms with van der Waals surface area (Å²) in [4.78, 5) is 28.3. The minimum atomic E-state index is -0.568. The molecule has 1 aliphatic rings. The average molecular weight is 249 g/mol. The number of rotatable bonds is 3. The molecule has 1 aromatic rings. The Bertz CT molecular complexity index is 502. The molecule has 7 heteroatoms. The predicted molar refractivity (Wildman–Crippen MR) is 66.7 cm³/mol. The lowest BCUT2D eigenvalue weighted by Crippen LogP contribution is -2.29. The molecule has 1 fully saturated rings. The molecule has 0 saturated carbocycles. The quantitative estimate of drug-likeness (QED) is 0.637. The van der Waals surface area contributed by atoms with Crippen LogP contribution in [0.4, 0.5) is 11.5 Å². The summed E-state index contributed by atoms with van der Waals surface area (Å²) in [5.74, 6) is -0.871. The maximum Gasteiger partial charge on any atom is 0.251 e. The van der Waals surface area contributed by atoms with E-state index in [1.54, 1.807) is 0 Å². The molecule has 7 nitrogen and oxygen atoms in total. The van der Waals surface area contributed by atoms with Crippen LogP contribution in [-0.4, -0.2) is 29.9 Å². The van der Waals surface area contributed by atoms with Gasteiger partial charge in [0.05, 0.1) is 23.4 Å². The molecule has 18 heavy (non-hydrogen) atoms. The molecule has 1 aromatic heterocycles.